The van der Waals surface area contributed by atoms with Gasteiger partial charge in [-0.25, -0.2) is 0 Å². The van der Waals surface area contributed by atoms with Crippen LogP contribution in [-0.4, -0.2) is 15.3 Å². The Hall–Kier alpha value is -1.22. The van der Waals surface area contributed by atoms with Gasteiger partial charge in [0.15, 0.2) is 0 Å². The van der Waals surface area contributed by atoms with Gasteiger partial charge >= 0.3 is 0 Å². The van der Waals surface area contributed by atoms with Crippen LogP contribution in [-0.2, 0) is 5.60 Å². The Morgan fingerprint density at radius 3 is 2.05 bits per heavy atom. The summed E-state index contributed by atoms with van der Waals surface area (Å²) < 4.78 is 0. The largest absolute Gasteiger partial charge is 0.508 e. The molecule has 0 radical (unpaired) electrons. The Bertz CT molecular complexity index is 406. The third kappa shape index (κ3) is 5.58. The lowest BCUT2D eigenvalue weighted by Gasteiger charge is -2.31. The number of phenolic OH excluding ortho intramolecular Hbond substituents is 2. The molecule has 2 unspecified atom stereocenters. The third-order valence-corrected chi connectivity index (χ3v) is 4.44. The van der Waals surface area contributed by atoms with Crippen LogP contribution in [0.15, 0.2) is 18.2 Å². The molecule has 120 valence electrons. The van der Waals surface area contributed by atoms with Crippen molar-refractivity contribution in [2.75, 3.05) is 0 Å². The standard InChI is InChI=1S/C18H30O3/c1-4-5-6-7-8-9-10-14(2)18(3,21)15-11-16(19)13-17(20)12-15/h11-14,19-21H,4-10H2,1-3H3. The second-order valence-electron chi connectivity index (χ2n) is 6.34. The van der Waals surface area contributed by atoms with Crippen molar-refractivity contribution in [2.24, 2.45) is 5.92 Å². The molecule has 0 fully saturated rings. The van der Waals surface area contributed by atoms with Crippen LogP contribution in [0.3, 0.4) is 0 Å². The van der Waals surface area contributed by atoms with E-state index in [2.05, 4.69) is 6.92 Å². The average molecular weight is 294 g/mol. The molecule has 1 aromatic rings. The second kappa shape index (κ2) is 8.28. The number of aliphatic hydroxyl groups is 1. The van der Waals surface area contributed by atoms with Crippen LogP contribution < -0.4 is 0 Å². The number of benzene rings is 1. The summed E-state index contributed by atoms with van der Waals surface area (Å²) in [4.78, 5) is 0. The predicted octanol–water partition coefficient (Wildman–Crippen LogP) is 4.69. The van der Waals surface area contributed by atoms with Crippen molar-refractivity contribution < 1.29 is 15.3 Å². The quantitative estimate of drug-likeness (QED) is 0.579. The Balaban J connectivity index is 2.52. The van der Waals surface area contributed by atoms with Gasteiger partial charge in [-0.2, -0.15) is 0 Å². The highest BCUT2D eigenvalue weighted by Gasteiger charge is 2.30. The lowest BCUT2D eigenvalue weighted by molar-refractivity contribution is -0.00324. The lowest BCUT2D eigenvalue weighted by Crippen LogP contribution is -2.29. The maximum atomic E-state index is 10.7. The molecular weight excluding hydrogens is 264 g/mol. The van der Waals surface area contributed by atoms with Crippen molar-refractivity contribution in [3.05, 3.63) is 23.8 Å². The van der Waals surface area contributed by atoms with E-state index in [0.717, 1.165) is 12.8 Å². The molecule has 0 aliphatic heterocycles. The molecule has 0 saturated carbocycles. The van der Waals surface area contributed by atoms with Gasteiger partial charge < -0.3 is 15.3 Å². The van der Waals surface area contributed by atoms with Crippen molar-refractivity contribution in [2.45, 2.75) is 71.3 Å². The smallest absolute Gasteiger partial charge is 0.119 e. The fourth-order valence-electron chi connectivity index (χ4n) is 2.68. The van der Waals surface area contributed by atoms with Crippen LogP contribution in [0, 0.1) is 5.92 Å². The summed E-state index contributed by atoms with van der Waals surface area (Å²) in [6, 6.07) is 4.33. The molecule has 0 amide bonds. The van der Waals surface area contributed by atoms with Crippen molar-refractivity contribution in [1.29, 1.82) is 0 Å². The molecular formula is C18H30O3. The number of hydrogen-bond acceptors (Lipinski definition) is 3. The molecule has 0 saturated heterocycles. The van der Waals surface area contributed by atoms with Gasteiger partial charge in [-0.05, 0) is 37.0 Å². The van der Waals surface area contributed by atoms with Gasteiger partial charge in [0, 0.05) is 6.07 Å². The van der Waals surface area contributed by atoms with Gasteiger partial charge in [0.05, 0.1) is 5.60 Å². The Labute approximate surface area is 128 Å². The van der Waals surface area contributed by atoms with E-state index in [4.69, 9.17) is 0 Å². The molecule has 3 heteroatoms. The zero-order chi connectivity index (χ0) is 15.9. The molecule has 3 N–H and O–H groups in total. The van der Waals surface area contributed by atoms with Crippen LogP contribution in [0.1, 0.15) is 71.3 Å². The number of aromatic hydroxyl groups is 2. The minimum absolute atomic E-state index is 0.0166. The van der Waals surface area contributed by atoms with Crippen molar-refractivity contribution in [3.8, 4) is 11.5 Å². The summed E-state index contributed by atoms with van der Waals surface area (Å²) in [7, 11) is 0. The topological polar surface area (TPSA) is 60.7 Å². The number of unbranched alkanes of at least 4 members (excludes halogenated alkanes) is 5. The van der Waals surface area contributed by atoms with E-state index in [9.17, 15) is 15.3 Å². The van der Waals surface area contributed by atoms with Crippen molar-refractivity contribution in [1.82, 2.24) is 0 Å². The van der Waals surface area contributed by atoms with Crippen molar-refractivity contribution >= 4 is 0 Å². The highest BCUT2D eigenvalue weighted by Crippen LogP contribution is 2.36. The van der Waals surface area contributed by atoms with E-state index in [0.29, 0.717) is 5.56 Å². The van der Waals surface area contributed by atoms with E-state index in [1.54, 1.807) is 6.92 Å². The third-order valence-electron chi connectivity index (χ3n) is 4.44. The van der Waals surface area contributed by atoms with E-state index in [1.165, 1.54) is 50.3 Å². The van der Waals surface area contributed by atoms with Gasteiger partial charge in [0.2, 0.25) is 0 Å². The maximum absolute atomic E-state index is 10.7. The van der Waals surface area contributed by atoms with E-state index in [-0.39, 0.29) is 17.4 Å². The minimum Gasteiger partial charge on any atom is -0.508 e. The van der Waals surface area contributed by atoms with Crippen LogP contribution in [0.4, 0.5) is 0 Å². The molecule has 1 aromatic carbocycles. The Kier molecular flexibility index (Phi) is 7.03. The minimum atomic E-state index is -1.04. The zero-order valence-corrected chi connectivity index (χ0v) is 13.6. The van der Waals surface area contributed by atoms with Gasteiger partial charge in [0.1, 0.15) is 11.5 Å². The molecule has 0 spiro atoms. The normalized spacial score (nSPS) is 15.6. The summed E-state index contributed by atoms with van der Waals surface area (Å²) in [5.74, 6) is 0.0407. The van der Waals surface area contributed by atoms with Crippen molar-refractivity contribution in [3.63, 3.8) is 0 Å². The van der Waals surface area contributed by atoms with Crippen LogP contribution >= 0.6 is 0 Å². The van der Waals surface area contributed by atoms with Gasteiger partial charge in [-0.15, -0.1) is 0 Å². The summed E-state index contributed by atoms with van der Waals surface area (Å²) in [6.45, 7) is 5.99. The first-order valence-corrected chi connectivity index (χ1v) is 8.13. The second-order valence-corrected chi connectivity index (χ2v) is 6.34. The van der Waals surface area contributed by atoms with Crippen LogP contribution in [0.2, 0.25) is 0 Å². The highest BCUT2D eigenvalue weighted by molar-refractivity contribution is 5.39. The summed E-state index contributed by atoms with van der Waals surface area (Å²) in [5.41, 5.74) is -0.474. The number of hydrogen-bond donors (Lipinski definition) is 3. The Morgan fingerprint density at radius 2 is 1.48 bits per heavy atom. The first-order valence-electron chi connectivity index (χ1n) is 8.13. The first kappa shape index (κ1) is 17.8. The summed E-state index contributed by atoms with van der Waals surface area (Å²) in [5, 5.41) is 29.9. The Morgan fingerprint density at radius 1 is 0.952 bits per heavy atom. The van der Waals surface area contributed by atoms with E-state index < -0.39 is 5.60 Å². The summed E-state index contributed by atoms with van der Waals surface area (Å²) >= 11 is 0. The fourth-order valence-corrected chi connectivity index (χ4v) is 2.68. The number of rotatable bonds is 9. The molecule has 0 bridgehead atoms. The lowest BCUT2D eigenvalue weighted by atomic mass is 9.81. The van der Waals surface area contributed by atoms with Crippen LogP contribution in [0.25, 0.3) is 0 Å². The highest BCUT2D eigenvalue weighted by atomic mass is 16.3. The van der Waals surface area contributed by atoms with E-state index in [1.807, 2.05) is 6.92 Å². The summed E-state index contributed by atoms with van der Waals surface area (Å²) in [6.07, 6.45) is 8.35. The average Bonchev–Trinajstić information content (AvgIpc) is 2.41. The fraction of sp³-hybridized carbons (Fsp3) is 0.667. The predicted molar refractivity (Wildman–Crippen MR) is 86.5 cm³/mol. The molecule has 1 rings (SSSR count). The monoisotopic (exact) mass is 294 g/mol. The zero-order valence-electron chi connectivity index (χ0n) is 13.6. The van der Waals surface area contributed by atoms with Crippen LogP contribution in [0.5, 0.6) is 11.5 Å². The molecule has 2 atom stereocenters. The molecule has 0 aliphatic rings. The molecule has 3 nitrogen and oxygen atoms in total. The SMILES string of the molecule is CCCCCCCCC(C)C(C)(O)c1cc(O)cc(O)c1. The molecule has 0 heterocycles. The molecule has 21 heavy (non-hydrogen) atoms. The first-order chi connectivity index (χ1) is 9.87. The maximum Gasteiger partial charge on any atom is 0.119 e. The van der Waals surface area contributed by atoms with Gasteiger partial charge in [0.25, 0.3) is 0 Å². The van der Waals surface area contributed by atoms with E-state index >= 15 is 0 Å². The number of phenols is 2. The molecule has 0 aromatic heterocycles. The molecule has 0 aliphatic carbocycles. The van der Waals surface area contributed by atoms with Gasteiger partial charge in [-0.1, -0.05) is 52.4 Å². The van der Waals surface area contributed by atoms with Gasteiger partial charge in [-0.3, -0.25) is 0 Å².